The number of aliphatic hydroxyl groups excluding tert-OH is 1. The Kier molecular flexibility index (Phi) is 59.6. The Morgan fingerprint density at radius 2 is 0.471 bits per heavy atom. The lowest BCUT2D eigenvalue weighted by molar-refractivity contribution is -0.161. The van der Waals surface area contributed by atoms with Crippen LogP contribution in [0.15, 0.2) is 0 Å². The molecule has 0 saturated heterocycles. The molecule has 0 rings (SSSR count). The van der Waals surface area contributed by atoms with Gasteiger partial charge in [-0.05, 0) is 25.7 Å². The maximum absolute atomic E-state index is 13.0. The summed E-state index contributed by atoms with van der Waals surface area (Å²) in [6.07, 6.45) is 48.2. The standard InChI is InChI=1S/C66H128O17P2/c1-5-9-13-17-19-21-23-25-27-28-29-30-31-32-33-35-37-39-41-45-49-53-66(71)83-62(57-77-64(69)51-47-44-40-38-36-34-26-24-22-20-18-14-10-6-2)59-81-85(74,75)79-55-60(67)54-78-84(72,73)80-58-61(82-65(70)52-48-43-16-12-8-4)56-76-63(68)50-46-42-15-11-7-3/h60-62,67H,5-59H2,1-4H3,(H,72,73)(H,74,75)/t60-,61+,62+/m0/s1. The summed E-state index contributed by atoms with van der Waals surface area (Å²) in [6.45, 7) is 4.72. The van der Waals surface area contributed by atoms with Crippen LogP contribution in [0.2, 0.25) is 0 Å². The van der Waals surface area contributed by atoms with Crippen LogP contribution in [0.4, 0.5) is 0 Å². The summed E-state index contributed by atoms with van der Waals surface area (Å²) in [7, 11) is -9.87. The van der Waals surface area contributed by atoms with Crippen molar-refractivity contribution in [2.24, 2.45) is 0 Å². The minimum absolute atomic E-state index is 0.0992. The largest absolute Gasteiger partial charge is 0.472 e. The van der Waals surface area contributed by atoms with E-state index in [1.165, 1.54) is 167 Å². The van der Waals surface area contributed by atoms with Gasteiger partial charge in [-0.25, -0.2) is 9.13 Å². The van der Waals surface area contributed by atoms with Crippen LogP contribution < -0.4 is 0 Å². The first kappa shape index (κ1) is 83.1. The van der Waals surface area contributed by atoms with E-state index in [9.17, 15) is 43.2 Å². The third-order valence-electron chi connectivity index (χ3n) is 15.4. The fourth-order valence-electron chi connectivity index (χ4n) is 9.99. The van der Waals surface area contributed by atoms with Gasteiger partial charge >= 0.3 is 39.5 Å². The topological polar surface area (TPSA) is 237 Å². The minimum atomic E-state index is -4.94. The lowest BCUT2D eigenvalue weighted by atomic mass is 10.0. The van der Waals surface area contributed by atoms with Gasteiger partial charge in [-0.15, -0.1) is 0 Å². The summed E-state index contributed by atoms with van der Waals surface area (Å²) in [6, 6.07) is 0. The summed E-state index contributed by atoms with van der Waals surface area (Å²) in [5.41, 5.74) is 0. The number of carbonyl (C=O) groups is 4. The van der Waals surface area contributed by atoms with Gasteiger partial charge in [0.15, 0.2) is 12.2 Å². The predicted molar refractivity (Wildman–Crippen MR) is 340 cm³/mol. The molecular weight excluding hydrogens is 1130 g/mol. The first-order valence-corrected chi connectivity index (χ1v) is 37.8. The van der Waals surface area contributed by atoms with E-state index in [-0.39, 0.29) is 25.7 Å². The van der Waals surface area contributed by atoms with E-state index in [0.29, 0.717) is 25.7 Å². The Morgan fingerprint density at radius 1 is 0.282 bits per heavy atom. The second-order valence-electron chi connectivity index (χ2n) is 23.9. The molecule has 0 aromatic heterocycles. The molecule has 0 bridgehead atoms. The molecule has 0 aliphatic carbocycles. The lowest BCUT2D eigenvalue weighted by Crippen LogP contribution is -2.30. The number of hydrogen-bond acceptors (Lipinski definition) is 15. The molecule has 0 heterocycles. The van der Waals surface area contributed by atoms with Gasteiger partial charge in [-0.3, -0.25) is 37.3 Å². The zero-order valence-electron chi connectivity index (χ0n) is 54.6. The van der Waals surface area contributed by atoms with Gasteiger partial charge in [0, 0.05) is 25.7 Å². The highest BCUT2D eigenvalue weighted by Gasteiger charge is 2.30. The Bertz CT molecular complexity index is 1640. The molecule has 3 N–H and O–H groups in total. The van der Waals surface area contributed by atoms with Gasteiger partial charge in [-0.1, -0.05) is 291 Å². The highest BCUT2D eigenvalue weighted by atomic mass is 31.2. The van der Waals surface area contributed by atoms with Crippen LogP contribution in [0, 0.1) is 0 Å². The Labute approximate surface area is 517 Å². The molecule has 0 fully saturated rings. The van der Waals surface area contributed by atoms with E-state index >= 15 is 0 Å². The number of unbranched alkanes of at least 4 members (excludes halogenated alkanes) is 41. The number of phosphoric acid groups is 2. The van der Waals surface area contributed by atoms with Crippen molar-refractivity contribution in [1.82, 2.24) is 0 Å². The van der Waals surface area contributed by atoms with Crippen LogP contribution >= 0.6 is 15.6 Å². The fraction of sp³-hybridized carbons (Fsp3) is 0.939. The van der Waals surface area contributed by atoms with Gasteiger partial charge in [0.05, 0.1) is 26.4 Å². The van der Waals surface area contributed by atoms with Gasteiger partial charge in [-0.2, -0.15) is 0 Å². The number of carbonyl (C=O) groups excluding carboxylic acids is 4. The van der Waals surface area contributed by atoms with Crippen LogP contribution in [-0.2, 0) is 65.4 Å². The summed E-state index contributed by atoms with van der Waals surface area (Å²) in [5.74, 6) is -2.15. The summed E-state index contributed by atoms with van der Waals surface area (Å²) < 4.78 is 67.6. The average molecular weight is 1260 g/mol. The monoisotopic (exact) mass is 1250 g/mol. The van der Waals surface area contributed by atoms with E-state index < -0.39 is 97.5 Å². The fourth-order valence-corrected chi connectivity index (χ4v) is 11.6. The van der Waals surface area contributed by atoms with Gasteiger partial charge in [0.1, 0.15) is 19.3 Å². The van der Waals surface area contributed by atoms with Crippen molar-refractivity contribution in [2.75, 3.05) is 39.6 Å². The molecule has 504 valence electrons. The first-order chi connectivity index (χ1) is 41.2. The van der Waals surface area contributed by atoms with Gasteiger partial charge in [0.25, 0.3) is 0 Å². The van der Waals surface area contributed by atoms with Gasteiger partial charge < -0.3 is 33.8 Å². The van der Waals surface area contributed by atoms with Crippen molar-refractivity contribution in [3.63, 3.8) is 0 Å². The predicted octanol–water partition coefficient (Wildman–Crippen LogP) is 18.7. The molecule has 5 atom stereocenters. The number of aliphatic hydroxyl groups is 1. The molecule has 85 heavy (non-hydrogen) atoms. The highest BCUT2D eigenvalue weighted by Crippen LogP contribution is 2.45. The minimum Gasteiger partial charge on any atom is -0.462 e. The molecule has 0 radical (unpaired) electrons. The molecule has 2 unspecified atom stereocenters. The maximum atomic E-state index is 13.0. The van der Waals surface area contributed by atoms with Gasteiger partial charge in [0.2, 0.25) is 0 Å². The molecule has 17 nitrogen and oxygen atoms in total. The molecule has 0 saturated carbocycles. The SMILES string of the molecule is CCCCCCCCCCCCCCCCCCCCCCCC(=O)O[C@H](COC(=O)CCCCCCCCCCCCCCCC)COP(=O)(O)OC[C@@H](O)COP(=O)(O)OC[C@@H](COC(=O)CCCCCCC)OC(=O)CCCCCCC. The lowest BCUT2D eigenvalue weighted by Gasteiger charge is -2.21. The van der Waals surface area contributed by atoms with Crippen LogP contribution in [0.5, 0.6) is 0 Å². The van der Waals surface area contributed by atoms with E-state index in [0.717, 1.165) is 96.3 Å². The van der Waals surface area contributed by atoms with Crippen molar-refractivity contribution in [3.8, 4) is 0 Å². The number of ether oxygens (including phenoxy) is 4. The van der Waals surface area contributed by atoms with E-state index in [4.69, 9.17) is 37.0 Å². The highest BCUT2D eigenvalue weighted by molar-refractivity contribution is 7.47. The molecule has 19 heteroatoms. The maximum Gasteiger partial charge on any atom is 0.472 e. The van der Waals surface area contributed by atoms with E-state index in [2.05, 4.69) is 27.7 Å². The normalized spacial score (nSPS) is 14.1. The molecule has 0 aliphatic rings. The van der Waals surface area contributed by atoms with Crippen LogP contribution in [0.25, 0.3) is 0 Å². The molecule has 0 aliphatic heterocycles. The quantitative estimate of drug-likeness (QED) is 0.0222. The zero-order chi connectivity index (χ0) is 62.6. The third-order valence-corrected chi connectivity index (χ3v) is 17.3. The summed E-state index contributed by atoms with van der Waals surface area (Å²) >= 11 is 0. The van der Waals surface area contributed by atoms with Crippen molar-refractivity contribution in [2.45, 2.75) is 361 Å². The molecule has 0 spiro atoms. The molecule has 0 aromatic rings. The van der Waals surface area contributed by atoms with Crippen molar-refractivity contribution >= 4 is 39.5 Å². The Morgan fingerprint density at radius 3 is 0.694 bits per heavy atom. The number of esters is 4. The van der Waals surface area contributed by atoms with E-state index in [1.807, 2.05) is 0 Å². The molecular formula is C66H128O17P2. The first-order valence-electron chi connectivity index (χ1n) is 34.8. The number of hydrogen-bond donors (Lipinski definition) is 3. The molecule has 0 amide bonds. The smallest absolute Gasteiger partial charge is 0.462 e. The van der Waals surface area contributed by atoms with Crippen LogP contribution in [0.1, 0.15) is 342 Å². The zero-order valence-corrected chi connectivity index (χ0v) is 56.4. The van der Waals surface area contributed by atoms with Crippen molar-refractivity contribution in [1.29, 1.82) is 0 Å². The number of phosphoric ester groups is 2. The van der Waals surface area contributed by atoms with E-state index in [1.54, 1.807) is 0 Å². The second kappa shape index (κ2) is 60.9. The third kappa shape index (κ3) is 60.7. The molecule has 0 aromatic carbocycles. The second-order valence-corrected chi connectivity index (χ2v) is 26.8. The van der Waals surface area contributed by atoms with Crippen LogP contribution in [-0.4, -0.2) is 96.7 Å². The summed E-state index contributed by atoms with van der Waals surface area (Å²) in [4.78, 5) is 71.7. The van der Waals surface area contributed by atoms with Crippen molar-refractivity contribution in [3.05, 3.63) is 0 Å². The average Bonchev–Trinajstić information content (AvgIpc) is 3.54. The summed E-state index contributed by atoms with van der Waals surface area (Å²) in [5, 5.41) is 10.5. The Balaban J connectivity index is 5.04. The van der Waals surface area contributed by atoms with Crippen LogP contribution in [0.3, 0.4) is 0 Å². The van der Waals surface area contributed by atoms with Crippen molar-refractivity contribution < 1.29 is 80.2 Å². The Hall–Kier alpha value is -1.94. The number of rotatable bonds is 67.